The average Bonchev–Trinajstić information content (AvgIpc) is 2.50. The first-order chi connectivity index (χ1) is 11.4. The Morgan fingerprint density at radius 2 is 2.08 bits per heavy atom. The summed E-state index contributed by atoms with van der Waals surface area (Å²) in [5, 5.41) is 11.9. The summed E-state index contributed by atoms with van der Waals surface area (Å²) < 4.78 is 6.48. The molecule has 1 aromatic rings. The molecule has 132 valence electrons. The van der Waals surface area contributed by atoms with Crippen LogP contribution >= 0.6 is 15.9 Å². The molecular weight excluding hydrogens is 376 g/mol. The SMILES string of the molecule is CCN(CC(=O)O)C1CC(NC(=O)C(C)Oc2ccccc2Br)C1. The molecule has 0 bridgehead atoms. The van der Waals surface area contributed by atoms with Crippen molar-refractivity contribution in [2.24, 2.45) is 0 Å². The minimum absolute atomic E-state index is 0.0450. The lowest BCUT2D eigenvalue weighted by atomic mass is 9.85. The predicted octanol–water partition coefficient (Wildman–Crippen LogP) is 2.27. The lowest BCUT2D eigenvalue weighted by molar-refractivity contribution is -0.140. The molecule has 0 aromatic heterocycles. The molecular formula is C17H23BrN2O4. The summed E-state index contributed by atoms with van der Waals surface area (Å²) in [5.41, 5.74) is 0. The zero-order chi connectivity index (χ0) is 17.7. The van der Waals surface area contributed by atoms with E-state index in [9.17, 15) is 9.59 Å². The fourth-order valence-corrected chi connectivity index (χ4v) is 3.16. The third-order valence-corrected chi connectivity index (χ3v) is 4.89. The summed E-state index contributed by atoms with van der Waals surface area (Å²) in [7, 11) is 0. The van der Waals surface area contributed by atoms with Gasteiger partial charge < -0.3 is 15.2 Å². The maximum absolute atomic E-state index is 12.2. The second-order valence-corrected chi connectivity index (χ2v) is 6.83. The molecule has 7 heteroatoms. The van der Waals surface area contributed by atoms with Gasteiger partial charge >= 0.3 is 5.97 Å². The summed E-state index contributed by atoms with van der Waals surface area (Å²) in [6.45, 7) is 4.40. The first-order valence-electron chi connectivity index (χ1n) is 8.08. The van der Waals surface area contributed by atoms with E-state index in [0.29, 0.717) is 12.3 Å². The van der Waals surface area contributed by atoms with Gasteiger partial charge in [0, 0.05) is 12.1 Å². The topological polar surface area (TPSA) is 78.9 Å². The predicted molar refractivity (Wildman–Crippen MR) is 94.1 cm³/mol. The number of benzene rings is 1. The molecule has 2 rings (SSSR count). The van der Waals surface area contributed by atoms with E-state index >= 15 is 0 Å². The molecule has 1 atom stereocenters. The molecule has 1 aliphatic rings. The monoisotopic (exact) mass is 398 g/mol. The summed E-state index contributed by atoms with van der Waals surface area (Å²) in [4.78, 5) is 25.0. The maximum Gasteiger partial charge on any atom is 0.317 e. The molecule has 1 aromatic carbocycles. The number of halogens is 1. The Hall–Kier alpha value is -1.60. The molecule has 2 N–H and O–H groups in total. The van der Waals surface area contributed by atoms with Gasteiger partial charge in [0.25, 0.3) is 5.91 Å². The number of amides is 1. The van der Waals surface area contributed by atoms with E-state index < -0.39 is 12.1 Å². The third kappa shape index (κ3) is 4.95. The third-order valence-electron chi connectivity index (χ3n) is 4.23. The van der Waals surface area contributed by atoms with Gasteiger partial charge in [-0.1, -0.05) is 19.1 Å². The Labute approximate surface area is 150 Å². The molecule has 1 fully saturated rings. The Balaban J connectivity index is 1.78. The first-order valence-corrected chi connectivity index (χ1v) is 8.87. The van der Waals surface area contributed by atoms with Gasteiger partial charge in [-0.2, -0.15) is 0 Å². The van der Waals surface area contributed by atoms with Crippen molar-refractivity contribution in [3.05, 3.63) is 28.7 Å². The van der Waals surface area contributed by atoms with Crippen LogP contribution in [0.2, 0.25) is 0 Å². The van der Waals surface area contributed by atoms with Gasteiger partial charge in [0.1, 0.15) is 5.75 Å². The largest absolute Gasteiger partial charge is 0.480 e. The molecule has 0 heterocycles. The van der Waals surface area contributed by atoms with Gasteiger partial charge in [0.15, 0.2) is 6.10 Å². The number of rotatable bonds is 8. The zero-order valence-corrected chi connectivity index (χ0v) is 15.5. The number of hydrogen-bond acceptors (Lipinski definition) is 4. The van der Waals surface area contributed by atoms with Crippen molar-refractivity contribution in [1.82, 2.24) is 10.2 Å². The molecule has 0 saturated heterocycles. The molecule has 0 spiro atoms. The van der Waals surface area contributed by atoms with Crippen molar-refractivity contribution in [1.29, 1.82) is 0 Å². The van der Waals surface area contributed by atoms with Crippen LogP contribution in [0.1, 0.15) is 26.7 Å². The highest BCUT2D eigenvalue weighted by atomic mass is 79.9. The van der Waals surface area contributed by atoms with Crippen molar-refractivity contribution in [3.8, 4) is 5.75 Å². The van der Waals surface area contributed by atoms with E-state index in [1.807, 2.05) is 30.0 Å². The number of carbonyl (C=O) groups excluding carboxylic acids is 1. The summed E-state index contributed by atoms with van der Waals surface area (Å²) >= 11 is 3.39. The van der Waals surface area contributed by atoms with Crippen LogP contribution in [0.4, 0.5) is 0 Å². The van der Waals surface area contributed by atoms with Crippen LogP contribution in [-0.2, 0) is 9.59 Å². The summed E-state index contributed by atoms with van der Waals surface area (Å²) in [6.07, 6.45) is 0.951. The fourth-order valence-electron chi connectivity index (χ4n) is 2.78. The number of para-hydroxylation sites is 1. The average molecular weight is 399 g/mol. The molecule has 1 amide bonds. The van der Waals surface area contributed by atoms with Gasteiger partial charge in [-0.3, -0.25) is 14.5 Å². The van der Waals surface area contributed by atoms with E-state index in [0.717, 1.165) is 17.3 Å². The van der Waals surface area contributed by atoms with E-state index in [1.54, 1.807) is 13.0 Å². The van der Waals surface area contributed by atoms with Gasteiger partial charge in [-0.25, -0.2) is 0 Å². The molecule has 1 aliphatic carbocycles. The Morgan fingerprint density at radius 1 is 1.42 bits per heavy atom. The van der Waals surface area contributed by atoms with Crippen LogP contribution in [0, 0.1) is 0 Å². The summed E-state index contributed by atoms with van der Waals surface area (Å²) in [5.74, 6) is -0.347. The number of carboxylic acid groups (broad SMARTS) is 1. The maximum atomic E-state index is 12.2. The number of aliphatic carboxylic acids is 1. The molecule has 0 radical (unpaired) electrons. The number of carbonyl (C=O) groups is 2. The van der Waals surface area contributed by atoms with Gasteiger partial charge in [0.05, 0.1) is 11.0 Å². The normalized spacial score (nSPS) is 21.0. The second kappa shape index (κ2) is 8.48. The van der Waals surface area contributed by atoms with Crippen LogP contribution < -0.4 is 10.1 Å². The van der Waals surface area contributed by atoms with E-state index in [2.05, 4.69) is 21.2 Å². The van der Waals surface area contributed by atoms with Crippen molar-refractivity contribution < 1.29 is 19.4 Å². The Kier molecular flexibility index (Phi) is 6.62. The zero-order valence-electron chi connectivity index (χ0n) is 13.9. The highest BCUT2D eigenvalue weighted by Gasteiger charge is 2.35. The van der Waals surface area contributed by atoms with Crippen molar-refractivity contribution in [3.63, 3.8) is 0 Å². The van der Waals surface area contributed by atoms with Crippen molar-refractivity contribution >= 4 is 27.8 Å². The highest BCUT2D eigenvalue weighted by Crippen LogP contribution is 2.27. The van der Waals surface area contributed by atoms with Gasteiger partial charge in [-0.15, -0.1) is 0 Å². The second-order valence-electron chi connectivity index (χ2n) is 5.98. The van der Waals surface area contributed by atoms with Crippen molar-refractivity contribution in [2.75, 3.05) is 13.1 Å². The minimum Gasteiger partial charge on any atom is -0.480 e. The molecule has 1 saturated carbocycles. The summed E-state index contributed by atoms with van der Waals surface area (Å²) in [6, 6.07) is 7.69. The smallest absolute Gasteiger partial charge is 0.317 e. The first kappa shape index (κ1) is 18.7. The lowest BCUT2D eigenvalue weighted by Crippen LogP contribution is -2.56. The van der Waals surface area contributed by atoms with E-state index in [1.165, 1.54) is 0 Å². The minimum atomic E-state index is -0.820. The van der Waals surface area contributed by atoms with Crippen LogP contribution in [0.25, 0.3) is 0 Å². The van der Waals surface area contributed by atoms with Gasteiger partial charge in [-0.05, 0) is 54.4 Å². The standard InChI is InChI=1S/C17H23BrN2O4/c1-3-20(10-16(21)22)13-8-12(9-13)19-17(23)11(2)24-15-7-5-4-6-14(15)18/h4-7,11-13H,3,8-10H2,1-2H3,(H,19,23)(H,21,22). The highest BCUT2D eigenvalue weighted by molar-refractivity contribution is 9.10. The number of likely N-dealkylation sites (N-methyl/N-ethyl adjacent to an activating group) is 1. The number of hydrogen-bond donors (Lipinski definition) is 2. The number of nitrogens with one attached hydrogen (secondary N) is 1. The number of nitrogens with zero attached hydrogens (tertiary/aromatic N) is 1. The molecule has 0 aliphatic heterocycles. The van der Waals surface area contributed by atoms with Crippen LogP contribution in [0.5, 0.6) is 5.75 Å². The Bertz CT molecular complexity index is 590. The molecule has 1 unspecified atom stereocenters. The van der Waals surface area contributed by atoms with Crippen LogP contribution in [0.3, 0.4) is 0 Å². The lowest BCUT2D eigenvalue weighted by Gasteiger charge is -2.42. The molecule has 6 nitrogen and oxygen atoms in total. The fraction of sp³-hybridized carbons (Fsp3) is 0.529. The van der Waals surface area contributed by atoms with Crippen molar-refractivity contribution in [2.45, 2.75) is 44.9 Å². The number of ether oxygens (including phenoxy) is 1. The number of carboxylic acids is 1. The van der Waals surface area contributed by atoms with Gasteiger partial charge in [0.2, 0.25) is 0 Å². The van der Waals surface area contributed by atoms with Crippen LogP contribution in [0.15, 0.2) is 28.7 Å². The molecule has 24 heavy (non-hydrogen) atoms. The Morgan fingerprint density at radius 3 is 2.67 bits per heavy atom. The van der Waals surface area contributed by atoms with E-state index in [-0.39, 0.29) is 24.5 Å². The van der Waals surface area contributed by atoms with Crippen LogP contribution in [-0.4, -0.2) is 53.2 Å². The van der Waals surface area contributed by atoms with E-state index in [4.69, 9.17) is 9.84 Å². The quantitative estimate of drug-likeness (QED) is 0.701.